The van der Waals surface area contributed by atoms with E-state index in [1.807, 2.05) is 16.8 Å². The zero-order chi connectivity index (χ0) is 39.2. The predicted octanol–water partition coefficient (Wildman–Crippen LogP) is 1.41. The number of benzene rings is 1. The number of carbonyl (C=O) groups excluding carboxylic acids is 5. The second-order valence-corrected chi connectivity index (χ2v) is 15.4. The third-order valence-corrected chi connectivity index (χ3v) is 12.0. The molecular weight excluding hydrogens is 731 g/mol. The molecule has 1 saturated carbocycles. The number of imide groups is 2. The first-order valence-corrected chi connectivity index (χ1v) is 19.7. The third-order valence-electron chi connectivity index (χ3n) is 12.0. The number of hydrogen-bond acceptors (Lipinski definition) is 13. The van der Waals surface area contributed by atoms with Crippen LogP contribution in [0.5, 0.6) is 0 Å². The second kappa shape index (κ2) is 15.0. The molecule has 0 spiro atoms. The Labute approximate surface area is 327 Å². The monoisotopic (exact) mass is 773 g/mol. The van der Waals surface area contributed by atoms with Crippen molar-refractivity contribution in [3.63, 3.8) is 0 Å². The molecule has 3 N–H and O–H groups in total. The molecule has 4 fully saturated rings. The van der Waals surface area contributed by atoms with Crippen LogP contribution < -0.4 is 25.8 Å². The molecule has 3 saturated heterocycles. The van der Waals surface area contributed by atoms with Gasteiger partial charge in [0.05, 0.1) is 35.2 Å². The lowest BCUT2D eigenvalue weighted by molar-refractivity contribution is -0.136. The molecule has 57 heavy (non-hydrogen) atoms. The van der Waals surface area contributed by atoms with E-state index in [2.05, 4.69) is 46.9 Å². The van der Waals surface area contributed by atoms with Gasteiger partial charge in [-0.2, -0.15) is 15.5 Å². The van der Waals surface area contributed by atoms with Crippen LogP contribution in [0.15, 0.2) is 42.9 Å². The van der Waals surface area contributed by atoms with Crippen molar-refractivity contribution >= 4 is 52.4 Å². The number of anilines is 3. The summed E-state index contributed by atoms with van der Waals surface area (Å²) < 4.78 is 3.41. The van der Waals surface area contributed by atoms with Gasteiger partial charge in [-0.3, -0.25) is 43.8 Å². The topological polar surface area (TPSA) is 206 Å². The normalized spacial score (nSPS) is 23.1. The minimum atomic E-state index is -0.985. The number of aromatic nitrogens is 5. The summed E-state index contributed by atoms with van der Waals surface area (Å²) in [7, 11) is 0. The van der Waals surface area contributed by atoms with Crippen LogP contribution in [0.1, 0.15) is 81.3 Å². The highest BCUT2D eigenvalue weighted by atomic mass is 16.2. The van der Waals surface area contributed by atoms with Crippen LogP contribution in [0.4, 0.5) is 17.2 Å². The molecule has 7 heterocycles. The summed E-state index contributed by atoms with van der Waals surface area (Å²) in [6, 6.07) is 8.46. The van der Waals surface area contributed by atoms with Crippen molar-refractivity contribution in [1.29, 1.82) is 5.26 Å². The summed E-state index contributed by atoms with van der Waals surface area (Å²) in [5.74, 6) is -1.10. The van der Waals surface area contributed by atoms with Gasteiger partial charge in [0.2, 0.25) is 11.8 Å². The molecule has 294 valence electrons. The zero-order valence-corrected chi connectivity index (χ0v) is 31.4. The molecule has 4 aromatic rings. The van der Waals surface area contributed by atoms with Gasteiger partial charge in [0.25, 0.3) is 17.7 Å². The molecule has 9 rings (SSSR count). The van der Waals surface area contributed by atoms with E-state index in [0.29, 0.717) is 28.4 Å². The van der Waals surface area contributed by atoms with E-state index >= 15 is 0 Å². The first-order chi connectivity index (χ1) is 27.7. The Hall–Kier alpha value is -6.19. The molecule has 1 aromatic carbocycles. The number of fused-ring (bicyclic) bond motifs is 2. The maximum absolute atomic E-state index is 13.5. The number of rotatable bonds is 8. The van der Waals surface area contributed by atoms with Gasteiger partial charge in [0.15, 0.2) is 11.3 Å². The lowest BCUT2D eigenvalue weighted by Crippen LogP contribution is -2.54. The van der Waals surface area contributed by atoms with Gasteiger partial charge in [-0.1, -0.05) is 0 Å². The van der Waals surface area contributed by atoms with E-state index in [4.69, 9.17) is 4.98 Å². The Morgan fingerprint density at radius 1 is 0.912 bits per heavy atom. The lowest BCUT2D eigenvalue weighted by atomic mass is 9.85. The Morgan fingerprint density at radius 2 is 1.68 bits per heavy atom. The minimum absolute atomic E-state index is 0.0827. The Morgan fingerprint density at radius 3 is 2.44 bits per heavy atom. The standard InChI is InChI=1S/C39H43N13O5/c40-20-30-31(43-36(54)29-21-42-50-12-9-33(44-35(29)50)49-13-10-41-11-14-49)23-51(46-30)25-3-1-24(2-4-25)22-47-15-17-48(18-16-47)26-5-6-27-28(19-26)39(57)52(38(27)56)32-7-8-34(53)45-37(32)55/h5-6,9,12,19,21,23-25,32,41H,1-4,7-8,10-11,13-18,22H2,(H,43,54)(H,45,53,55). The first kappa shape index (κ1) is 36.4. The smallest absolute Gasteiger partial charge is 0.262 e. The van der Waals surface area contributed by atoms with Crippen molar-refractivity contribution in [3.8, 4) is 6.07 Å². The van der Waals surface area contributed by atoms with Crippen LogP contribution in [0.3, 0.4) is 0 Å². The number of nitrogens with one attached hydrogen (secondary N) is 3. The molecule has 4 aliphatic heterocycles. The maximum atomic E-state index is 13.5. The SMILES string of the molecule is N#Cc1nn(C2CCC(CN3CCN(c4ccc5c(c4)C(=O)N(C4CCC(=O)NC4=O)C5=O)CC3)CC2)cc1NC(=O)c1cnn2ccc(N3CCNCC3)nc12. The molecule has 18 nitrogen and oxygen atoms in total. The van der Waals surface area contributed by atoms with Crippen molar-refractivity contribution < 1.29 is 24.0 Å². The van der Waals surface area contributed by atoms with E-state index in [1.54, 1.807) is 29.0 Å². The molecule has 1 unspecified atom stereocenters. The number of piperidine rings is 1. The lowest BCUT2D eigenvalue weighted by Gasteiger charge is -2.39. The Balaban J connectivity index is 0.772. The molecule has 0 bridgehead atoms. The van der Waals surface area contributed by atoms with Crippen LogP contribution in [0.2, 0.25) is 0 Å². The van der Waals surface area contributed by atoms with Crippen LogP contribution in [0.25, 0.3) is 5.65 Å². The number of nitrogens with zero attached hydrogens (tertiary/aromatic N) is 10. The molecule has 5 amide bonds. The molecule has 1 aliphatic carbocycles. The molecule has 18 heteroatoms. The second-order valence-electron chi connectivity index (χ2n) is 15.4. The van der Waals surface area contributed by atoms with Crippen molar-refractivity contribution in [2.45, 2.75) is 50.6 Å². The zero-order valence-electron chi connectivity index (χ0n) is 31.4. The first-order valence-electron chi connectivity index (χ1n) is 19.7. The van der Waals surface area contributed by atoms with E-state index in [9.17, 15) is 29.2 Å². The predicted molar refractivity (Wildman–Crippen MR) is 206 cm³/mol. The molecule has 1 atom stereocenters. The van der Waals surface area contributed by atoms with Crippen molar-refractivity contribution in [3.05, 3.63) is 65.2 Å². The summed E-state index contributed by atoms with van der Waals surface area (Å²) in [5.41, 5.74) is 2.74. The van der Waals surface area contributed by atoms with Gasteiger partial charge < -0.3 is 20.4 Å². The number of hydrogen-bond donors (Lipinski definition) is 3. The molecule has 5 aliphatic rings. The van der Waals surface area contributed by atoms with Crippen molar-refractivity contribution in [2.24, 2.45) is 5.92 Å². The number of nitriles is 1. The van der Waals surface area contributed by atoms with Crippen molar-refractivity contribution in [1.82, 2.24) is 44.8 Å². The van der Waals surface area contributed by atoms with Gasteiger partial charge in [0, 0.05) is 77.2 Å². The summed E-state index contributed by atoms with van der Waals surface area (Å²) in [6.45, 7) is 7.63. The van der Waals surface area contributed by atoms with Crippen LogP contribution in [0, 0.1) is 17.2 Å². The average molecular weight is 774 g/mol. The van der Waals surface area contributed by atoms with Crippen molar-refractivity contribution in [2.75, 3.05) is 74.0 Å². The maximum Gasteiger partial charge on any atom is 0.262 e. The Bertz CT molecular complexity index is 2310. The largest absolute Gasteiger partial charge is 0.369 e. The van der Waals surface area contributed by atoms with E-state index in [0.717, 1.165) is 101 Å². The fourth-order valence-corrected chi connectivity index (χ4v) is 8.83. The summed E-state index contributed by atoms with van der Waals surface area (Å²) in [5, 5.41) is 27.3. The summed E-state index contributed by atoms with van der Waals surface area (Å²) in [6.07, 6.45) is 9.13. The number of amides is 5. The number of carbonyl (C=O) groups is 5. The summed E-state index contributed by atoms with van der Waals surface area (Å²) in [4.78, 5) is 76.6. The van der Waals surface area contributed by atoms with E-state index < -0.39 is 35.6 Å². The molecule has 0 radical (unpaired) electrons. The van der Waals surface area contributed by atoms with Gasteiger partial charge in [-0.15, -0.1) is 0 Å². The quantitative estimate of drug-likeness (QED) is 0.217. The molecular formula is C39H43N13O5. The van der Waals surface area contributed by atoms with Crippen LogP contribution in [-0.4, -0.2) is 129 Å². The van der Waals surface area contributed by atoms with E-state index in [-0.39, 0.29) is 30.1 Å². The van der Waals surface area contributed by atoms with Crippen LogP contribution >= 0.6 is 0 Å². The average Bonchev–Trinajstić information content (AvgIpc) is 3.92. The highest BCUT2D eigenvalue weighted by Crippen LogP contribution is 2.35. The number of piperazine rings is 2. The minimum Gasteiger partial charge on any atom is -0.369 e. The highest BCUT2D eigenvalue weighted by molar-refractivity contribution is 6.23. The van der Waals surface area contributed by atoms with Crippen LogP contribution in [-0.2, 0) is 9.59 Å². The fraction of sp³-hybridized carbons (Fsp3) is 0.462. The highest BCUT2D eigenvalue weighted by Gasteiger charge is 2.45. The van der Waals surface area contributed by atoms with Gasteiger partial charge in [-0.25, -0.2) is 9.50 Å². The molecule has 3 aromatic heterocycles. The Kier molecular flexibility index (Phi) is 9.62. The third kappa shape index (κ3) is 6.97. The fourth-order valence-electron chi connectivity index (χ4n) is 8.83. The van der Waals surface area contributed by atoms with E-state index in [1.165, 1.54) is 6.20 Å². The van der Waals surface area contributed by atoms with Gasteiger partial charge in [-0.05, 0) is 62.3 Å². The van der Waals surface area contributed by atoms with Gasteiger partial charge >= 0.3 is 0 Å². The summed E-state index contributed by atoms with van der Waals surface area (Å²) >= 11 is 0. The van der Waals surface area contributed by atoms with Gasteiger partial charge in [0.1, 0.15) is 23.5 Å².